The number of hydrogen-bond acceptors (Lipinski definition) is 4. The Morgan fingerprint density at radius 1 is 1.43 bits per heavy atom. The standard InChI is InChI=1S/C12H14ClF2NO4S/c1-7(6-20-2)5-16-12(17)9-3-8(14)4-10(11(9)15)21(13,18)19/h3-4,7H,5-6H2,1-2H3,(H,16,17). The summed E-state index contributed by atoms with van der Waals surface area (Å²) in [7, 11) is 1.99. The number of amides is 1. The largest absolute Gasteiger partial charge is 0.384 e. The molecule has 0 aliphatic heterocycles. The fraction of sp³-hybridized carbons (Fsp3) is 0.417. The van der Waals surface area contributed by atoms with Crippen molar-refractivity contribution in [3.63, 3.8) is 0 Å². The summed E-state index contributed by atoms with van der Waals surface area (Å²) in [5.41, 5.74) is -0.723. The van der Waals surface area contributed by atoms with Gasteiger partial charge >= 0.3 is 0 Å². The van der Waals surface area contributed by atoms with Crippen molar-refractivity contribution in [1.82, 2.24) is 5.32 Å². The number of carbonyl (C=O) groups excluding carboxylic acids is 1. The highest BCUT2D eigenvalue weighted by atomic mass is 35.7. The molecule has 5 nitrogen and oxygen atoms in total. The summed E-state index contributed by atoms with van der Waals surface area (Å²) in [6.45, 7) is 2.30. The zero-order chi connectivity index (χ0) is 16.2. The molecule has 0 heterocycles. The Labute approximate surface area is 125 Å². The Balaban J connectivity index is 3.03. The van der Waals surface area contributed by atoms with E-state index in [1.165, 1.54) is 7.11 Å². The zero-order valence-electron chi connectivity index (χ0n) is 11.3. The first kappa shape index (κ1) is 17.8. The summed E-state index contributed by atoms with van der Waals surface area (Å²) in [6.07, 6.45) is 0. The van der Waals surface area contributed by atoms with Gasteiger partial charge in [0.2, 0.25) is 0 Å². The van der Waals surface area contributed by atoms with Gasteiger partial charge in [-0.05, 0) is 18.1 Å². The van der Waals surface area contributed by atoms with Gasteiger partial charge in [0.1, 0.15) is 10.7 Å². The Morgan fingerprint density at radius 3 is 2.57 bits per heavy atom. The minimum Gasteiger partial charge on any atom is -0.384 e. The third kappa shape index (κ3) is 4.90. The average Bonchev–Trinajstić information content (AvgIpc) is 2.37. The van der Waals surface area contributed by atoms with Crippen molar-refractivity contribution in [3.05, 3.63) is 29.3 Å². The number of rotatable bonds is 6. The molecule has 1 N–H and O–H groups in total. The minimum absolute atomic E-state index is 0.0493. The lowest BCUT2D eigenvalue weighted by molar-refractivity contribution is 0.0929. The van der Waals surface area contributed by atoms with Crippen molar-refractivity contribution in [2.75, 3.05) is 20.3 Å². The Bertz CT molecular complexity index is 636. The maximum Gasteiger partial charge on any atom is 0.264 e. The highest BCUT2D eigenvalue weighted by Crippen LogP contribution is 2.23. The Kier molecular flexibility index (Phi) is 6.06. The van der Waals surface area contributed by atoms with Crippen LogP contribution in [-0.4, -0.2) is 34.6 Å². The summed E-state index contributed by atoms with van der Waals surface area (Å²) >= 11 is 0. The molecular weight excluding hydrogens is 328 g/mol. The number of benzene rings is 1. The van der Waals surface area contributed by atoms with Crippen molar-refractivity contribution < 1.29 is 26.7 Å². The van der Waals surface area contributed by atoms with Crippen molar-refractivity contribution >= 4 is 25.6 Å². The highest BCUT2D eigenvalue weighted by molar-refractivity contribution is 8.13. The quantitative estimate of drug-likeness (QED) is 0.802. The molecule has 21 heavy (non-hydrogen) atoms. The lowest BCUT2D eigenvalue weighted by Gasteiger charge is -2.12. The molecule has 0 aliphatic rings. The third-order valence-corrected chi connectivity index (χ3v) is 3.89. The molecule has 1 aromatic carbocycles. The van der Waals surface area contributed by atoms with Gasteiger partial charge in [-0.25, -0.2) is 17.2 Å². The Morgan fingerprint density at radius 2 is 2.05 bits per heavy atom. The van der Waals surface area contributed by atoms with Gasteiger partial charge in [0.05, 0.1) is 12.2 Å². The summed E-state index contributed by atoms with van der Waals surface area (Å²) in [6, 6.07) is 1.03. The van der Waals surface area contributed by atoms with E-state index in [0.717, 1.165) is 0 Å². The molecule has 0 bridgehead atoms. The molecule has 118 valence electrons. The zero-order valence-corrected chi connectivity index (χ0v) is 12.9. The predicted octanol–water partition coefficient (Wildman–Crippen LogP) is 1.90. The SMILES string of the molecule is COCC(C)CNC(=O)c1cc(F)cc(S(=O)(=O)Cl)c1F. The van der Waals surface area contributed by atoms with E-state index < -0.39 is 37.1 Å². The third-order valence-electron chi connectivity index (χ3n) is 2.57. The molecule has 1 aromatic rings. The fourth-order valence-electron chi connectivity index (χ4n) is 1.61. The predicted molar refractivity (Wildman–Crippen MR) is 72.8 cm³/mol. The van der Waals surface area contributed by atoms with Crippen LogP contribution in [0.3, 0.4) is 0 Å². The van der Waals surface area contributed by atoms with Gasteiger partial charge < -0.3 is 10.1 Å². The van der Waals surface area contributed by atoms with Crippen LogP contribution in [0.25, 0.3) is 0 Å². The number of ether oxygens (including phenoxy) is 1. The molecule has 9 heteroatoms. The van der Waals surface area contributed by atoms with Crippen LogP contribution in [0.5, 0.6) is 0 Å². The molecule has 1 unspecified atom stereocenters. The maximum atomic E-state index is 14.0. The van der Waals surface area contributed by atoms with E-state index in [2.05, 4.69) is 5.32 Å². The van der Waals surface area contributed by atoms with Crippen molar-refractivity contribution in [2.45, 2.75) is 11.8 Å². The van der Waals surface area contributed by atoms with E-state index in [1.807, 2.05) is 0 Å². The number of halogens is 3. The van der Waals surface area contributed by atoms with E-state index in [0.29, 0.717) is 18.7 Å². The average molecular weight is 342 g/mol. The molecule has 0 aromatic heterocycles. The summed E-state index contributed by atoms with van der Waals surface area (Å²) in [4.78, 5) is 10.7. The first-order chi connectivity index (χ1) is 9.66. The first-order valence-corrected chi connectivity index (χ1v) is 8.18. The van der Waals surface area contributed by atoms with Crippen molar-refractivity contribution in [3.8, 4) is 0 Å². The second kappa shape index (κ2) is 7.15. The van der Waals surface area contributed by atoms with Gasteiger partial charge in [0.25, 0.3) is 15.0 Å². The molecule has 1 amide bonds. The van der Waals surface area contributed by atoms with Crippen LogP contribution in [0, 0.1) is 17.6 Å². The van der Waals surface area contributed by atoms with Crippen LogP contribution in [-0.2, 0) is 13.8 Å². The van der Waals surface area contributed by atoms with Crippen molar-refractivity contribution in [1.29, 1.82) is 0 Å². The van der Waals surface area contributed by atoms with Crippen LogP contribution in [0.1, 0.15) is 17.3 Å². The molecule has 0 saturated heterocycles. The summed E-state index contributed by atoms with van der Waals surface area (Å²) < 4.78 is 54.4. The summed E-state index contributed by atoms with van der Waals surface area (Å²) in [5.74, 6) is -3.45. The molecule has 0 aliphatic carbocycles. The molecule has 0 fully saturated rings. The maximum absolute atomic E-state index is 14.0. The topological polar surface area (TPSA) is 72.5 Å². The highest BCUT2D eigenvalue weighted by Gasteiger charge is 2.24. The van der Waals surface area contributed by atoms with E-state index >= 15 is 0 Å². The molecule has 1 rings (SSSR count). The number of carbonyl (C=O) groups is 1. The van der Waals surface area contributed by atoms with Crippen LogP contribution >= 0.6 is 10.7 Å². The van der Waals surface area contributed by atoms with E-state index in [-0.39, 0.29) is 12.5 Å². The van der Waals surface area contributed by atoms with Crippen LogP contribution < -0.4 is 5.32 Å². The van der Waals surface area contributed by atoms with Crippen LogP contribution in [0.4, 0.5) is 8.78 Å². The van der Waals surface area contributed by atoms with Crippen LogP contribution in [0.15, 0.2) is 17.0 Å². The van der Waals surface area contributed by atoms with Gasteiger partial charge in [0.15, 0.2) is 5.82 Å². The van der Waals surface area contributed by atoms with E-state index in [4.69, 9.17) is 15.4 Å². The smallest absolute Gasteiger partial charge is 0.264 e. The Hall–Kier alpha value is -1.25. The van der Waals surface area contributed by atoms with Crippen LogP contribution in [0.2, 0.25) is 0 Å². The van der Waals surface area contributed by atoms with Gasteiger partial charge in [-0.2, -0.15) is 0 Å². The van der Waals surface area contributed by atoms with E-state index in [9.17, 15) is 22.0 Å². The van der Waals surface area contributed by atoms with Gasteiger partial charge in [-0.1, -0.05) is 6.92 Å². The van der Waals surface area contributed by atoms with Crippen molar-refractivity contribution in [2.24, 2.45) is 5.92 Å². The van der Waals surface area contributed by atoms with E-state index in [1.54, 1.807) is 6.92 Å². The second-order valence-corrected chi connectivity index (χ2v) is 7.01. The number of methoxy groups -OCH3 is 1. The van der Waals surface area contributed by atoms with Gasteiger partial charge in [-0.15, -0.1) is 0 Å². The second-order valence-electron chi connectivity index (χ2n) is 4.47. The van der Waals surface area contributed by atoms with Gasteiger partial charge in [-0.3, -0.25) is 4.79 Å². The first-order valence-electron chi connectivity index (χ1n) is 5.87. The monoisotopic (exact) mass is 341 g/mol. The molecule has 0 saturated carbocycles. The lowest BCUT2D eigenvalue weighted by Crippen LogP contribution is -2.30. The molecular formula is C12H14ClF2NO4S. The minimum atomic E-state index is -4.49. The fourth-order valence-corrected chi connectivity index (χ4v) is 2.53. The number of hydrogen-bond donors (Lipinski definition) is 1. The molecule has 1 atom stereocenters. The lowest BCUT2D eigenvalue weighted by atomic mass is 10.1. The van der Waals surface area contributed by atoms with Gasteiger partial charge in [0, 0.05) is 24.3 Å². The normalized spacial score (nSPS) is 13.0. The molecule has 0 spiro atoms. The molecule has 0 radical (unpaired) electrons. The summed E-state index contributed by atoms with van der Waals surface area (Å²) in [5, 5.41) is 2.37. The number of nitrogens with one attached hydrogen (secondary N) is 1.